The van der Waals surface area contributed by atoms with Gasteiger partial charge in [-0.05, 0) is 31.2 Å². The average Bonchev–Trinajstić information content (AvgIpc) is 2.27. The number of hydrogen-bond acceptors (Lipinski definition) is 3. The minimum absolute atomic E-state index is 0.0392. The first-order valence-corrected chi connectivity index (χ1v) is 5.93. The number of Topliss-reactive ketones (excluding diaryl/α,β-unsaturated/α-hetero) is 1. The molecule has 4 nitrogen and oxygen atoms in total. The van der Waals surface area contributed by atoms with Crippen molar-refractivity contribution in [1.82, 2.24) is 0 Å². The van der Waals surface area contributed by atoms with E-state index in [1.165, 1.54) is 0 Å². The van der Waals surface area contributed by atoms with Gasteiger partial charge in [0.25, 0.3) is 0 Å². The molecule has 0 spiro atoms. The Morgan fingerprint density at radius 1 is 1.17 bits per heavy atom. The number of ketones is 1. The number of ether oxygens (including phenoxy) is 1. The minimum atomic E-state index is -0.894. The van der Waals surface area contributed by atoms with Gasteiger partial charge in [-0.25, -0.2) is 0 Å². The van der Waals surface area contributed by atoms with E-state index >= 15 is 0 Å². The highest BCUT2D eigenvalue weighted by Gasteiger charge is 2.12. The van der Waals surface area contributed by atoms with Gasteiger partial charge in [0.1, 0.15) is 11.9 Å². The molecule has 1 atom stereocenters. The largest absolute Gasteiger partial charge is 0.490 e. The lowest BCUT2D eigenvalue weighted by atomic mass is 10.0. The number of carbonyl (C=O) groups excluding carboxylic acids is 1. The van der Waals surface area contributed by atoms with Crippen LogP contribution in [0.5, 0.6) is 5.75 Å². The van der Waals surface area contributed by atoms with E-state index < -0.39 is 12.1 Å². The molecular formula is C14H18O4. The van der Waals surface area contributed by atoms with Gasteiger partial charge in [-0.2, -0.15) is 0 Å². The third-order valence-electron chi connectivity index (χ3n) is 2.46. The minimum Gasteiger partial charge on any atom is -0.490 e. The molecule has 4 heteroatoms. The van der Waals surface area contributed by atoms with E-state index in [0.717, 1.165) is 0 Å². The molecule has 1 unspecified atom stereocenters. The number of carbonyl (C=O) groups is 2. The summed E-state index contributed by atoms with van der Waals surface area (Å²) in [5.74, 6) is -0.277. The van der Waals surface area contributed by atoms with Crippen LogP contribution in [0.3, 0.4) is 0 Å². The Kier molecular flexibility index (Phi) is 4.89. The van der Waals surface area contributed by atoms with Crippen LogP contribution in [0.25, 0.3) is 0 Å². The number of hydrogen-bond donors (Lipinski definition) is 1. The second-order valence-corrected chi connectivity index (χ2v) is 4.57. The molecule has 1 N–H and O–H groups in total. The lowest BCUT2D eigenvalue weighted by molar-refractivity contribution is -0.138. The highest BCUT2D eigenvalue weighted by molar-refractivity contribution is 5.97. The lowest BCUT2D eigenvalue weighted by Crippen LogP contribution is -2.16. The Morgan fingerprint density at radius 2 is 1.72 bits per heavy atom. The maximum absolute atomic E-state index is 11.7. The smallest absolute Gasteiger partial charge is 0.307 e. The van der Waals surface area contributed by atoms with Gasteiger partial charge < -0.3 is 9.84 Å². The highest BCUT2D eigenvalue weighted by Crippen LogP contribution is 2.17. The fourth-order valence-corrected chi connectivity index (χ4v) is 1.55. The number of benzene rings is 1. The molecule has 0 saturated carbocycles. The van der Waals surface area contributed by atoms with Crippen LogP contribution in [-0.2, 0) is 4.79 Å². The summed E-state index contributed by atoms with van der Waals surface area (Å²) in [5, 5.41) is 8.62. The van der Waals surface area contributed by atoms with Gasteiger partial charge in [0.05, 0.1) is 6.42 Å². The molecule has 0 bridgehead atoms. The Labute approximate surface area is 107 Å². The third kappa shape index (κ3) is 4.20. The van der Waals surface area contributed by atoms with Crippen LogP contribution in [-0.4, -0.2) is 23.0 Å². The zero-order valence-corrected chi connectivity index (χ0v) is 10.8. The standard InChI is InChI=1S/C14H18O4/c1-9(2)14(17)11-4-6-12(7-5-11)18-10(3)8-13(15)16/h4-7,9-10H,8H2,1-3H3,(H,15,16). The van der Waals surface area contributed by atoms with Crippen molar-refractivity contribution in [1.29, 1.82) is 0 Å². The zero-order valence-electron chi connectivity index (χ0n) is 10.8. The monoisotopic (exact) mass is 250 g/mol. The molecule has 1 aromatic rings. The van der Waals surface area contributed by atoms with Gasteiger partial charge >= 0.3 is 5.97 Å². The molecule has 18 heavy (non-hydrogen) atoms. The van der Waals surface area contributed by atoms with E-state index in [-0.39, 0.29) is 18.1 Å². The van der Waals surface area contributed by atoms with Crippen molar-refractivity contribution in [2.75, 3.05) is 0 Å². The maximum Gasteiger partial charge on any atom is 0.307 e. The molecule has 0 heterocycles. The van der Waals surface area contributed by atoms with Gasteiger partial charge in [-0.1, -0.05) is 13.8 Å². The first kappa shape index (κ1) is 14.2. The molecular weight excluding hydrogens is 232 g/mol. The molecule has 0 aliphatic heterocycles. The zero-order chi connectivity index (χ0) is 13.7. The van der Waals surface area contributed by atoms with Gasteiger partial charge in [0, 0.05) is 11.5 Å². The quantitative estimate of drug-likeness (QED) is 0.788. The van der Waals surface area contributed by atoms with Gasteiger partial charge in [-0.15, -0.1) is 0 Å². The number of carboxylic acid groups (broad SMARTS) is 1. The number of carboxylic acids is 1. The van der Waals surface area contributed by atoms with Crippen LogP contribution in [0.2, 0.25) is 0 Å². The summed E-state index contributed by atoms with van der Waals surface area (Å²) >= 11 is 0. The third-order valence-corrected chi connectivity index (χ3v) is 2.46. The van der Waals surface area contributed by atoms with Crippen LogP contribution in [0.1, 0.15) is 37.6 Å². The molecule has 1 rings (SSSR count). The summed E-state index contributed by atoms with van der Waals surface area (Å²) in [6.07, 6.45) is -0.443. The van der Waals surface area contributed by atoms with Gasteiger partial charge in [-0.3, -0.25) is 9.59 Å². The Hall–Kier alpha value is -1.84. The molecule has 1 aromatic carbocycles. The maximum atomic E-state index is 11.7. The molecule has 0 radical (unpaired) electrons. The van der Waals surface area contributed by atoms with E-state index in [1.54, 1.807) is 31.2 Å². The predicted octanol–water partition coefficient (Wildman–Crippen LogP) is 2.77. The SMILES string of the molecule is CC(CC(=O)O)Oc1ccc(C(=O)C(C)C)cc1. The summed E-state index contributed by atoms with van der Waals surface area (Å²) in [5.41, 5.74) is 0.642. The van der Waals surface area contributed by atoms with Crippen LogP contribution < -0.4 is 4.74 Å². The fraction of sp³-hybridized carbons (Fsp3) is 0.429. The average molecular weight is 250 g/mol. The Bertz CT molecular complexity index is 420. The highest BCUT2D eigenvalue weighted by atomic mass is 16.5. The van der Waals surface area contributed by atoms with Gasteiger partial charge in [0.2, 0.25) is 0 Å². The van der Waals surface area contributed by atoms with E-state index in [1.807, 2.05) is 13.8 Å². The van der Waals surface area contributed by atoms with Crippen molar-refractivity contribution in [3.05, 3.63) is 29.8 Å². The van der Waals surface area contributed by atoms with Crippen molar-refractivity contribution in [3.8, 4) is 5.75 Å². The van der Waals surface area contributed by atoms with Gasteiger partial charge in [0.15, 0.2) is 5.78 Å². The van der Waals surface area contributed by atoms with Crippen molar-refractivity contribution >= 4 is 11.8 Å². The molecule has 0 aromatic heterocycles. The Balaban J connectivity index is 2.66. The first-order valence-electron chi connectivity index (χ1n) is 5.93. The second-order valence-electron chi connectivity index (χ2n) is 4.57. The fourth-order valence-electron chi connectivity index (χ4n) is 1.55. The van der Waals surface area contributed by atoms with Crippen LogP contribution in [0, 0.1) is 5.92 Å². The molecule has 0 saturated heterocycles. The van der Waals surface area contributed by atoms with Crippen LogP contribution >= 0.6 is 0 Å². The normalized spacial score (nSPS) is 12.2. The van der Waals surface area contributed by atoms with Crippen molar-refractivity contribution < 1.29 is 19.4 Å². The molecule has 0 aliphatic carbocycles. The number of aliphatic carboxylic acids is 1. The van der Waals surface area contributed by atoms with Crippen LogP contribution in [0.4, 0.5) is 0 Å². The lowest BCUT2D eigenvalue weighted by Gasteiger charge is -2.13. The molecule has 0 fully saturated rings. The van der Waals surface area contributed by atoms with Crippen molar-refractivity contribution in [2.24, 2.45) is 5.92 Å². The summed E-state index contributed by atoms with van der Waals surface area (Å²) < 4.78 is 5.43. The van der Waals surface area contributed by atoms with E-state index in [4.69, 9.17) is 9.84 Å². The predicted molar refractivity (Wildman–Crippen MR) is 68.0 cm³/mol. The molecule has 98 valence electrons. The molecule has 0 amide bonds. The van der Waals surface area contributed by atoms with E-state index in [2.05, 4.69) is 0 Å². The summed E-state index contributed by atoms with van der Waals surface area (Å²) in [7, 11) is 0. The Morgan fingerprint density at radius 3 is 2.17 bits per heavy atom. The van der Waals surface area contributed by atoms with Crippen molar-refractivity contribution in [3.63, 3.8) is 0 Å². The molecule has 0 aliphatic rings. The summed E-state index contributed by atoms with van der Waals surface area (Å²) in [6, 6.07) is 6.78. The van der Waals surface area contributed by atoms with E-state index in [9.17, 15) is 9.59 Å². The number of rotatable bonds is 6. The summed E-state index contributed by atoms with van der Waals surface area (Å²) in [6.45, 7) is 5.39. The van der Waals surface area contributed by atoms with E-state index in [0.29, 0.717) is 11.3 Å². The van der Waals surface area contributed by atoms with Crippen LogP contribution in [0.15, 0.2) is 24.3 Å². The van der Waals surface area contributed by atoms with Crippen molar-refractivity contribution in [2.45, 2.75) is 33.3 Å². The topological polar surface area (TPSA) is 63.6 Å². The first-order chi connectivity index (χ1) is 8.40. The second kappa shape index (κ2) is 6.19. The summed E-state index contributed by atoms with van der Waals surface area (Å²) in [4.78, 5) is 22.2.